The first kappa shape index (κ1) is 14.4. The van der Waals surface area contributed by atoms with E-state index in [1.54, 1.807) is 27.7 Å². The van der Waals surface area contributed by atoms with Crippen molar-refractivity contribution in [1.82, 2.24) is 0 Å². The summed E-state index contributed by atoms with van der Waals surface area (Å²) in [4.78, 5) is 22.3. The molecule has 4 nitrogen and oxygen atoms in total. The smallest absolute Gasteiger partial charge is 0.330 e. The Hall–Kier alpha value is -1.58. The molecule has 0 fully saturated rings. The normalized spacial score (nSPS) is 11.5. The highest BCUT2D eigenvalue weighted by atomic mass is 16.6. The second-order valence-corrected chi connectivity index (χ2v) is 4.27. The number of hydrogen-bond donors (Lipinski definition) is 0. The largest absolute Gasteiger partial charge is 0.452 e. The number of ether oxygens (including phenoxy) is 2. The Labute approximate surface area is 95.9 Å². The van der Waals surface area contributed by atoms with Gasteiger partial charge in [0, 0.05) is 12.2 Å². The number of hydrogen-bond acceptors (Lipinski definition) is 4. The lowest BCUT2D eigenvalue weighted by atomic mass is 9.89. The Bertz CT molecular complexity index is 281. The summed E-state index contributed by atoms with van der Waals surface area (Å²) in [5, 5.41) is 0. The summed E-state index contributed by atoms with van der Waals surface area (Å²) in [7, 11) is 0. The molecular formula is C12H18O4. The molecule has 0 aliphatic rings. The van der Waals surface area contributed by atoms with Crippen molar-refractivity contribution >= 4 is 11.9 Å². The maximum absolute atomic E-state index is 11.1. The van der Waals surface area contributed by atoms with Crippen molar-refractivity contribution in [2.24, 2.45) is 0 Å². The second-order valence-electron chi connectivity index (χ2n) is 4.27. The van der Waals surface area contributed by atoms with Crippen molar-refractivity contribution in [3.8, 4) is 0 Å². The molecule has 0 aliphatic carbocycles. The van der Waals surface area contributed by atoms with Crippen LogP contribution in [-0.2, 0) is 19.1 Å². The lowest BCUT2D eigenvalue weighted by molar-refractivity contribution is -0.192. The number of esters is 2. The fourth-order valence-electron chi connectivity index (χ4n) is 0.832. The maximum Gasteiger partial charge on any atom is 0.330 e. The number of rotatable bonds is 5. The zero-order chi connectivity index (χ0) is 13.0. The predicted octanol–water partition coefficient (Wildman–Crippen LogP) is 2.00. The van der Waals surface area contributed by atoms with E-state index in [1.807, 2.05) is 0 Å². The van der Waals surface area contributed by atoms with Gasteiger partial charge >= 0.3 is 11.9 Å². The van der Waals surface area contributed by atoms with Crippen molar-refractivity contribution < 1.29 is 19.1 Å². The third kappa shape index (κ3) is 3.53. The third-order valence-corrected chi connectivity index (χ3v) is 2.49. The highest BCUT2D eigenvalue weighted by molar-refractivity contribution is 5.82. The minimum Gasteiger partial charge on any atom is -0.452 e. The van der Waals surface area contributed by atoms with Crippen LogP contribution >= 0.6 is 0 Å². The zero-order valence-electron chi connectivity index (χ0n) is 10.2. The number of carbonyl (C=O) groups is 2. The van der Waals surface area contributed by atoms with Crippen LogP contribution in [0.5, 0.6) is 0 Å². The first-order valence-electron chi connectivity index (χ1n) is 4.87. The second kappa shape index (κ2) is 4.96. The first-order chi connectivity index (χ1) is 7.16. The highest BCUT2D eigenvalue weighted by Gasteiger charge is 2.43. The predicted molar refractivity (Wildman–Crippen MR) is 60.7 cm³/mol. The summed E-state index contributed by atoms with van der Waals surface area (Å²) >= 11 is 0. The van der Waals surface area contributed by atoms with Gasteiger partial charge in [0.15, 0.2) is 0 Å². The lowest BCUT2D eigenvalue weighted by Crippen LogP contribution is -2.51. The minimum absolute atomic E-state index is 0.562. The molecule has 0 spiro atoms. The summed E-state index contributed by atoms with van der Waals surface area (Å²) < 4.78 is 10.3. The molecule has 0 unspecified atom stereocenters. The van der Waals surface area contributed by atoms with E-state index in [2.05, 4.69) is 13.2 Å². The van der Waals surface area contributed by atoms with E-state index in [4.69, 9.17) is 9.47 Å². The van der Waals surface area contributed by atoms with Gasteiger partial charge in [-0.3, -0.25) is 0 Å². The highest BCUT2D eigenvalue weighted by Crippen LogP contribution is 2.29. The summed E-state index contributed by atoms with van der Waals surface area (Å²) in [6.07, 6.45) is 2.13. The lowest BCUT2D eigenvalue weighted by Gasteiger charge is -2.39. The van der Waals surface area contributed by atoms with Crippen molar-refractivity contribution in [3.63, 3.8) is 0 Å². The van der Waals surface area contributed by atoms with Crippen molar-refractivity contribution in [2.45, 2.75) is 38.9 Å². The molecule has 0 aromatic heterocycles. The number of carbonyl (C=O) groups excluding carboxylic acids is 2. The average Bonchev–Trinajstić information content (AvgIpc) is 2.15. The van der Waals surface area contributed by atoms with Gasteiger partial charge in [-0.2, -0.15) is 0 Å². The van der Waals surface area contributed by atoms with Crippen molar-refractivity contribution in [1.29, 1.82) is 0 Å². The molecule has 0 atom stereocenters. The Morgan fingerprint density at radius 3 is 1.31 bits per heavy atom. The Morgan fingerprint density at radius 2 is 1.12 bits per heavy atom. The van der Waals surface area contributed by atoms with Crippen LogP contribution in [0.4, 0.5) is 0 Å². The third-order valence-electron chi connectivity index (χ3n) is 2.49. The van der Waals surface area contributed by atoms with Crippen LogP contribution in [0, 0.1) is 0 Å². The average molecular weight is 226 g/mol. The van der Waals surface area contributed by atoms with Gasteiger partial charge in [-0.1, -0.05) is 13.2 Å². The van der Waals surface area contributed by atoms with Gasteiger partial charge in [-0.15, -0.1) is 0 Å². The molecule has 0 saturated carbocycles. The molecule has 0 radical (unpaired) electrons. The Kier molecular flexibility index (Phi) is 4.47. The molecule has 0 aromatic rings. The SMILES string of the molecule is C=CC(=O)OC(C)(C)C(C)(C)OC(=O)C=C. The monoisotopic (exact) mass is 226 g/mol. The topological polar surface area (TPSA) is 52.6 Å². The van der Waals surface area contributed by atoms with E-state index in [0.29, 0.717) is 0 Å². The summed E-state index contributed by atoms with van der Waals surface area (Å²) in [6, 6.07) is 0. The van der Waals surface area contributed by atoms with Crippen molar-refractivity contribution in [2.75, 3.05) is 0 Å². The van der Waals surface area contributed by atoms with E-state index < -0.39 is 23.1 Å². The summed E-state index contributed by atoms with van der Waals surface area (Å²) in [5.74, 6) is -1.12. The first-order valence-corrected chi connectivity index (χ1v) is 4.87. The Morgan fingerprint density at radius 1 is 0.875 bits per heavy atom. The van der Waals surface area contributed by atoms with E-state index >= 15 is 0 Å². The molecule has 0 amide bonds. The molecule has 0 rings (SSSR count). The van der Waals surface area contributed by atoms with E-state index in [9.17, 15) is 9.59 Å². The van der Waals surface area contributed by atoms with Crippen LogP contribution in [0.15, 0.2) is 25.3 Å². The Balaban J connectivity index is 4.82. The van der Waals surface area contributed by atoms with Gasteiger partial charge in [0.2, 0.25) is 0 Å². The molecular weight excluding hydrogens is 208 g/mol. The minimum atomic E-state index is -0.961. The standard InChI is InChI=1S/C12H18O4/c1-7-9(13)15-11(3,4)12(5,6)16-10(14)8-2/h7-8H,1-2H2,3-6H3. The van der Waals surface area contributed by atoms with E-state index in [-0.39, 0.29) is 0 Å². The maximum atomic E-state index is 11.1. The molecule has 0 saturated heterocycles. The fraction of sp³-hybridized carbons (Fsp3) is 0.500. The zero-order valence-corrected chi connectivity index (χ0v) is 10.2. The molecule has 4 heteroatoms. The van der Waals surface area contributed by atoms with Crippen LogP contribution in [0.3, 0.4) is 0 Å². The molecule has 0 aromatic carbocycles. The summed E-state index contributed by atoms with van der Waals surface area (Å²) in [6.45, 7) is 13.2. The van der Waals surface area contributed by atoms with Crippen LogP contribution in [0.2, 0.25) is 0 Å². The molecule has 0 N–H and O–H groups in total. The van der Waals surface area contributed by atoms with Gasteiger partial charge in [-0.05, 0) is 27.7 Å². The quantitative estimate of drug-likeness (QED) is 0.531. The van der Waals surface area contributed by atoms with E-state index in [0.717, 1.165) is 12.2 Å². The van der Waals surface area contributed by atoms with Gasteiger partial charge in [-0.25, -0.2) is 9.59 Å². The molecule has 0 heterocycles. The molecule has 16 heavy (non-hydrogen) atoms. The summed E-state index contributed by atoms with van der Waals surface area (Å²) in [5.41, 5.74) is -1.92. The molecule has 0 aliphatic heterocycles. The van der Waals surface area contributed by atoms with Gasteiger partial charge in [0.05, 0.1) is 0 Å². The van der Waals surface area contributed by atoms with Crippen LogP contribution in [0.1, 0.15) is 27.7 Å². The van der Waals surface area contributed by atoms with Crippen LogP contribution < -0.4 is 0 Å². The van der Waals surface area contributed by atoms with Crippen LogP contribution in [0.25, 0.3) is 0 Å². The van der Waals surface area contributed by atoms with Gasteiger partial charge in [0.1, 0.15) is 11.2 Å². The van der Waals surface area contributed by atoms with Gasteiger partial charge < -0.3 is 9.47 Å². The van der Waals surface area contributed by atoms with Crippen LogP contribution in [-0.4, -0.2) is 23.1 Å². The molecule has 0 bridgehead atoms. The van der Waals surface area contributed by atoms with E-state index in [1.165, 1.54) is 0 Å². The van der Waals surface area contributed by atoms with Crippen molar-refractivity contribution in [3.05, 3.63) is 25.3 Å². The van der Waals surface area contributed by atoms with Gasteiger partial charge in [0.25, 0.3) is 0 Å². The fourth-order valence-corrected chi connectivity index (χ4v) is 0.832. The molecule has 90 valence electrons.